The molecule has 0 bridgehead atoms. The van der Waals surface area contributed by atoms with Crippen LogP contribution in [-0.4, -0.2) is 21.5 Å². The Labute approximate surface area is 175 Å². The number of hydrogen-bond donors (Lipinski definition) is 2. The van der Waals surface area contributed by atoms with Crippen LogP contribution in [0.1, 0.15) is 11.9 Å². The minimum absolute atomic E-state index is 0.266. The summed E-state index contributed by atoms with van der Waals surface area (Å²) in [7, 11) is 0. The Morgan fingerprint density at radius 1 is 1.21 bits per heavy atom. The fraction of sp³-hybridized carbons (Fsp3) is 0.150. The van der Waals surface area contributed by atoms with Crippen LogP contribution in [-0.2, 0) is 16.1 Å². The molecule has 1 atom stereocenters. The normalized spacial score (nSPS) is 18.3. The Morgan fingerprint density at radius 2 is 1.96 bits per heavy atom. The molecule has 2 amide bonds. The third-order valence-corrected chi connectivity index (χ3v) is 6.86. The van der Waals surface area contributed by atoms with Crippen LogP contribution in [0.3, 0.4) is 0 Å². The molecule has 4 rings (SSSR count). The molecule has 2 aromatic carbocycles. The molecule has 0 saturated carbocycles. The molecule has 0 aliphatic carbocycles. The molecule has 0 saturated heterocycles. The standard InChI is InChI=1S/C20H16ClN3O2S2/c1-20(19(26)24-14-4-2-3-5-16(14)28-20)18(25)22-10-17-23-15(11-27-17)12-6-8-13(21)9-7-12/h2-9,11H,10H2,1H3,(H,22,25)(H,24,26)/t20-/m0/s1. The van der Waals surface area contributed by atoms with Gasteiger partial charge in [0, 0.05) is 20.9 Å². The maximum Gasteiger partial charge on any atom is 0.250 e. The second-order valence-electron chi connectivity index (χ2n) is 6.40. The second kappa shape index (κ2) is 7.58. The van der Waals surface area contributed by atoms with Crippen molar-refractivity contribution < 1.29 is 9.59 Å². The van der Waals surface area contributed by atoms with Gasteiger partial charge >= 0.3 is 0 Å². The number of thioether (sulfide) groups is 1. The highest BCUT2D eigenvalue weighted by atomic mass is 35.5. The summed E-state index contributed by atoms with van der Waals surface area (Å²) in [4.78, 5) is 30.8. The largest absolute Gasteiger partial charge is 0.348 e. The molecule has 28 heavy (non-hydrogen) atoms. The van der Waals surface area contributed by atoms with Crippen LogP contribution in [0.2, 0.25) is 5.02 Å². The third-order valence-electron chi connectivity index (χ3n) is 4.41. The molecule has 1 aliphatic heterocycles. The first-order valence-corrected chi connectivity index (χ1v) is 10.6. The average molecular weight is 430 g/mol. The van der Waals surface area contributed by atoms with E-state index in [1.165, 1.54) is 23.1 Å². The highest BCUT2D eigenvalue weighted by Crippen LogP contribution is 2.42. The zero-order chi connectivity index (χ0) is 19.7. The molecular formula is C20H16ClN3O2S2. The van der Waals surface area contributed by atoms with Crippen LogP contribution in [0.5, 0.6) is 0 Å². The zero-order valence-corrected chi connectivity index (χ0v) is 17.3. The van der Waals surface area contributed by atoms with Gasteiger partial charge in [0.25, 0.3) is 0 Å². The Hall–Kier alpha value is -2.35. The van der Waals surface area contributed by atoms with Gasteiger partial charge in [-0.3, -0.25) is 9.59 Å². The van der Waals surface area contributed by atoms with Gasteiger partial charge in [-0.15, -0.1) is 11.3 Å². The van der Waals surface area contributed by atoms with E-state index < -0.39 is 4.75 Å². The zero-order valence-electron chi connectivity index (χ0n) is 14.9. The summed E-state index contributed by atoms with van der Waals surface area (Å²) in [6, 6.07) is 14.9. The summed E-state index contributed by atoms with van der Waals surface area (Å²) in [5, 5.41) is 9.04. The van der Waals surface area contributed by atoms with Crippen LogP contribution in [0, 0.1) is 0 Å². The van der Waals surface area contributed by atoms with E-state index in [4.69, 9.17) is 11.6 Å². The summed E-state index contributed by atoms with van der Waals surface area (Å²) in [6.07, 6.45) is 0. The number of hydrogen-bond acceptors (Lipinski definition) is 5. The highest BCUT2D eigenvalue weighted by molar-refractivity contribution is 8.02. The van der Waals surface area contributed by atoms with Gasteiger partial charge in [-0.2, -0.15) is 0 Å². The molecule has 1 aromatic heterocycles. The van der Waals surface area contributed by atoms with Gasteiger partial charge < -0.3 is 10.6 Å². The molecule has 0 spiro atoms. The van der Waals surface area contributed by atoms with Gasteiger partial charge in [0.15, 0.2) is 4.75 Å². The smallest absolute Gasteiger partial charge is 0.250 e. The quantitative estimate of drug-likeness (QED) is 0.595. The number of nitrogens with zero attached hydrogens (tertiary/aromatic N) is 1. The van der Waals surface area contributed by atoms with Crippen LogP contribution in [0.25, 0.3) is 11.3 Å². The van der Waals surface area contributed by atoms with Crippen molar-refractivity contribution >= 4 is 52.2 Å². The van der Waals surface area contributed by atoms with Gasteiger partial charge in [-0.1, -0.05) is 47.6 Å². The maximum atomic E-state index is 12.8. The van der Waals surface area contributed by atoms with Crippen LogP contribution < -0.4 is 10.6 Å². The van der Waals surface area contributed by atoms with E-state index in [9.17, 15) is 9.59 Å². The first-order valence-electron chi connectivity index (χ1n) is 8.54. The Kier molecular flexibility index (Phi) is 5.14. The lowest BCUT2D eigenvalue weighted by molar-refractivity contribution is -0.130. The molecule has 142 valence electrons. The number of thiazole rings is 1. The minimum Gasteiger partial charge on any atom is -0.348 e. The highest BCUT2D eigenvalue weighted by Gasteiger charge is 2.45. The summed E-state index contributed by atoms with van der Waals surface area (Å²) < 4.78 is -1.23. The van der Waals surface area contributed by atoms with Crippen molar-refractivity contribution in [1.29, 1.82) is 0 Å². The molecule has 0 unspecified atom stereocenters. The van der Waals surface area contributed by atoms with Crippen LogP contribution in [0.15, 0.2) is 58.8 Å². The van der Waals surface area contributed by atoms with Gasteiger partial charge in [0.05, 0.1) is 17.9 Å². The van der Waals surface area contributed by atoms with Crippen LogP contribution in [0.4, 0.5) is 5.69 Å². The Balaban J connectivity index is 1.45. The number of para-hydroxylation sites is 1. The lowest BCUT2D eigenvalue weighted by Crippen LogP contribution is -2.51. The fourth-order valence-corrected chi connectivity index (χ4v) is 4.78. The minimum atomic E-state index is -1.23. The Morgan fingerprint density at radius 3 is 2.75 bits per heavy atom. The molecule has 2 heterocycles. The summed E-state index contributed by atoms with van der Waals surface area (Å²) in [5.74, 6) is -0.664. The molecule has 5 nitrogen and oxygen atoms in total. The van der Waals surface area contributed by atoms with Crippen molar-refractivity contribution in [3.8, 4) is 11.3 Å². The lowest BCUT2D eigenvalue weighted by Gasteiger charge is -2.31. The van der Waals surface area contributed by atoms with E-state index in [0.717, 1.165) is 26.8 Å². The van der Waals surface area contributed by atoms with Crippen molar-refractivity contribution in [2.75, 3.05) is 5.32 Å². The number of aromatic nitrogens is 1. The molecule has 8 heteroatoms. The van der Waals surface area contributed by atoms with E-state index in [0.29, 0.717) is 5.02 Å². The first-order chi connectivity index (χ1) is 13.5. The predicted octanol–water partition coefficient (Wildman–Crippen LogP) is 4.58. The second-order valence-corrected chi connectivity index (χ2v) is 9.24. The fourth-order valence-electron chi connectivity index (χ4n) is 2.79. The number of benzene rings is 2. The number of rotatable bonds is 4. The number of anilines is 1. The first kappa shape index (κ1) is 19.0. The monoisotopic (exact) mass is 429 g/mol. The maximum absolute atomic E-state index is 12.8. The number of carbonyl (C=O) groups excluding carboxylic acids is 2. The van der Waals surface area contributed by atoms with Gasteiger partial charge in [0.1, 0.15) is 5.01 Å². The van der Waals surface area contributed by atoms with E-state index in [2.05, 4.69) is 15.6 Å². The molecule has 3 aromatic rings. The number of nitrogens with one attached hydrogen (secondary N) is 2. The van der Waals surface area contributed by atoms with Gasteiger partial charge in [-0.25, -0.2) is 4.98 Å². The van der Waals surface area contributed by atoms with E-state index in [1.54, 1.807) is 6.92 Å². The number of amides is 2. The number of halogens is 1. The van der Waals surface area contributed by atoms with E-state index in [-0.39, 0.29) is 18.4 Å². The topological polar surface area (TPSA) is 71.1 Å². The molecule has 0 fully saturated rings. The molecular weight excluding hydrogens is 414 g/mol. The molecule has 0 radical (unpaired) electrons. The van der Waals surface area contributed by atoms with Crippen molar-refractivity contribution in [2.24, 2.45) is 0 Å². The summed E-state index contributed by atoms with van der Waals surface area (Å²) in [5.41, 5.74) is 2.52. The van der Waals surface area contributed by atoms with Crippen molar-refractivity contribution in [2.45, 2.75) is 23.1 Å². The van der Waals surface area contributed by atoms with Gasteiger partial charge in [-0.05, 0) is 31.2 Å². The number of carbonyl (C=O) groups is 2. The molecule has 2 N–H and O–H groups in total. The van der Waals surface area contributed by atoms with E-state index >= 15 is 0 Å². The SMILES string of the molecule is C[C@@]1(C(=O)NCc2nc(-c3ccc(Cl)cc3)cs2)Sc2ccccc2NC1=O. The van der Waals surface area contributed by atoms with Crippen LogP contribution >= 0.6 is 34.7 Å². The summed E-state index contributed by atoms with van der Waals surface area (Å²) in [6.45, 7) is 1.90. The number of fused-ring (bicyclic) bond motifs is 1. The average Bonchev–Trinajstić information content (AvgIpc) is 3.16. The van der Waals surface area contributed by atoms with Crippen molar-refractivity contribution in [3.63, 3.8) is 0 Å². The van der Waals surface area contributed by atoms with E-state index in [1.807, 2.05) is 53.9 Å². The Bertz CT molecular complexity index is 1050. The molecule has 1 aliphatic rings. The third kappa shape index (κ3) is 3.65. The van der Waals surface area contributed by atoms with Crippen molar-refractivity contribution in [1.82, 2.24) is 10.3 Å². The van der Waals surface area contributed by atoms with Gasteiger partial charge in [0.2, 0.25) is 11.8 Å². The van der Waals surface area contributed by atoms with Crippen molar-refractivity contribution in [3.05, 3.63) is 63.9 Å². The summed E-state index contributed by atoms with van der Waals surface area (Å²) >= 11 is 8.64. The predicted molar refractivity (Wildman–Crippen MR) is 114 cm³/mol. The lowest BCUT2D eigenvalue weighted by atomic mass is 10.1.